The summed E-state index contributed by atoms with van der Waals surface area (Å²) in [6.45, 7) is 1.77. The molecule has 0 bridgehead atoms. The average molecular weight is 547 g/mol. The minimum absolute atomic E-state index is 0.300. The van der Waals surface area contributed by atoms with Gasteiger partial charge < -0.3 is 14.5 Å². The van der Waals surface area contributed by atoms with E-state index in [2.05, 4.69) is 20.3 Å². The van der Waals surface area contributed by atoms with Crippen molar-refractivity contribution in [3.05, 3.63) is 82.7 Å². The first-order valence-electron chi connectivity index (χ1n) is 11.8. The van der Waals surface area contributed by atoms with Gasteiger partial charge in [-0.05, 0) is 55.0 Å². The predicted octanol–water partition coefficient (Wildman–Crippen LogP) is 6.59. The summed E-state index contributed by atoms with van der Waals surface area (Å²) in [5, 5.41) is 5.51. The highest BCUT2D eigenvalue weighted by Crippen LogP contribution is 2.30. The number of aromatic nitrogens is 3. The fourth-order valence-corrected chi connectivity index (χ4v) is 4.80. The zero-order chi connectivity index (χ0) is 26.6. The molecule has 2 heterocycles. The topological polar surface area (TPSA) is 106 Å². The minimum atomic E-state index is -0.984. The molecule has 0 aliphatic heterocycles. The second kappa shape index (κ2) is 11.0. The van der Waals surface area contributed by atoms with E-state index in [4.69, 9.17) is 21.1 Å². The molecule has 5 rings (SSSR count). The summed E-state index contributed by atoms with van der Waals surface area (Å²) < 4.78 is 10.8. The number of methoxy groups -OCH3 is 1. The maximum absolute atomic E-state index is 12.9. The zero-order valence-electron chi connectivity index (χ0n) is 20.5. The number of nitrogens with zero attached hydrogens (tertiary/aromatic N) is 2. The molecule has 0 fully saturated rings. The molecule has 1 amide bonds. The molecular weight excluding hydrogens is 524 g/mol. The van der Waals surface area contributed by atoms with Gasteiger partial charge in [0.25, 0.3) is 5.91 Å². The number of anilines is 1. The molecule has 0 aliphatic carbocycles. The number of rotatable bonds is 8. The number of halogens is 1. The van der Waals surface area contributed by atoms with Crippen LogP contribution in [0.4, 0.5) is 5.13 Å². The molecule has 1 unspecified atom stereocenters. The highest BCUT2D eigenvalue weighted by atomic mass is 35.5. The maximum atomic E-state index is 12.9. The predicted molar refractivity (Wildman–Crippen MR) is 149 cm³/mol. The van der Waals surface area contributed by atoms with Crippen LogP contribution < -0.4 is 10.1 Å². The van der Waals surface area contributed by atoms with Gasteiger partial charge in [-0.3, -0.25) is 10.1 Å². The Hall–Kier alpha value is -4.21. The van der Waals surface area contributed by atoms with Crippen LogP contribution in [0.1, 0.15) is 23.7 Å². The van der Waals surface area contributed by atoms with Gasteiger partial charge in [0, 0.05) is 21.5 Å². The van der Waals surface area contributed by atoms with Gasteiger partial charge in [0.2, 0.25) is 0 Å². The van der Waals surface area contributed by atoms with Gasteiger partial charge >= 0.3 is 5.97 Å². The molecular formula is C28H23ClN4O4S. The number of hydrogen-bond acceptors (Lipinski definition) is 7. The SMILES string of the molecule is CCC(OC(=O)c1ccc2nc(-c3ccc(OC)cc3)[nH]c2c1)C(=O)Nc1nc(-c2ccccc2Cl)cs1. The molecule has 1 atom stereocenters. The Bertz CT molecular complexity index is 1610. The number of amides is 1. The van der Waals surface area contributed by atoms with Gasteiger partial charge in [-0.15, -0.1) is 11.3 Å². The maximum Gasteiger partial charge on any atom is 0.338 e. The molecule has 192 valence electrons. The van der Waals surface area contributed by atoms with Gasteiger partial charge in [0.05, 0.1) is 29.4 Å². The Kier molecular flexibility index (Phi) is 7.39. The van der Waals surface area contributed by atoms with E-state index in [0.29, 0.717) is 44.7 Å². The van der Waals surface area contributed by atoms with E-state index in [1.165, 1.54) is 11.3 Å². The largest absolute Gasteiger partial charge is 0.497 e. The van der Waals surface area contributed by atoms with E-state index in [1.54, 1.807) is 38.3 Å². The van der Waals surface area contributed by atoms with Crippen LogP contribution in [0.5, 0.6) is 5.75 Å². The second-order valence-corrected chi connectivity index (χ2v) is 9.62. The summed E-state index contributed by atoms with van der Waals surface area (Å²) in [5.74, 6) is 0.356. The number of carbonyl (C=O) groups excluding carboxylic acids is 2. The molecule has 0 spiro atoms. The summed E-state index contributed by atoms with van der Waals surface area (Å²) >= 11 is 7.52. The fraction of sp³-hybridized carbons (Fsp3) is 0.143. The number of carbonyl (C=O) groups is 2. The number of fused-ring (bicyclic) bond motifs is 1. The number of esters is 1. The Morgan fingerprint density at radius 2 is 1.87 bits per heavy atom. The van der Waals surface area contributed by atoms with Crippen molar-refractivity contribution in [1.82, 2.24) is 15.0 Å². The van der Waals surface area contributed by atoms with Crippen molar-refractivity contribution in [2.24, 2.45) is 0 Å². The Balaban J connectivity index is 1.27. The van der Waals surface area contributed by atoms with Gasteiger partial charge in [-0.25, -0.2) is 14.8 Å². The number of thiazole rings is 1. The molecule has 0 radical (unpaired) electrons. The number of nitrogens with one attached hydrogen (secondary N) is 2. The second-order valence-electron chi connectivity index (χ2n) is 8.36. The molecule has 10 heteroatoms. The Morgan fingerprint density at radius 3 is 2.61 bits per heavy atom. The average Bonchev–Trinajstić information content (AvgIpc) is 3.58. The molecule has 38 heavy (non-hydrogen) atoms. The first-order chi connectivity index (χ1) is 18.4. The van der Waals surface area contributed by atoms with Crippen molar-refractivity contribution < 1.29 is 19.1 Å². The van der Waals surface area contributed by atoms with Crippen LogP contribution in [0.2, 0.25) is 5.02 Å². The summed E-state index contributed by atoms with van der Waals surface area (Å²) in [5.41, 5.74) is 4.00. The smallest absolute Gasteiger partial charge is 0.338 e. The Morgan fingerprint density at radius 1 is 1.08 bits per heavy atom. The van der Waals surface area contributed by atoms with Crippen LogP contribution in [-0.4, -0.2) is 40.0 Å². The Labute approximate surface area is 227 Å². The number of benzene rings is 3. The summed E-state index contributed by atoms with van der Waals surface area (Å²) in [4.78, 5) is 38.1. The van der Waals surface area contributed by atoms with Crippen LogP contribution >= 0.6 is 22.9 Å². The fourth-order valence-electron chi connectivity index (χ4n) is 3.85. The minimum Gasteiger partial charge on any atom is -0.497 e. The number of H-pyrrole nitrogens is 1. The van der Waals surface area contributed by atoms with Crippen LogP contribution in [0.3, 0.4) is 0 Å². The van der Waals surface area contributed by atoms with Crippen molar-refractivity contribution in [1.29, 1.82) is 0 Å². The van der Waals surface area contributed by atoms with E-state index < -0.39 is 18.0 Å². The lowest BCUT2D eigenvalue weighted by atomic mass is 10.2. The van der Waals surface area contributed by atoms with E-state index in [-0.39, 0.29) is 0 Å². The van der Waals surface area contributed by atoms with E-state index >= 15 is 0 Å². The van der Waals surface area contributed by atoms with Crippen molar-refractivity contribution >= 4 is 51.0 Å². The normalized spacial score (nSPS) is 11.8. The quantitative estimate of drug-likeness (QED) is 0.213. The van der Waals surface area contributed by atoms with Gasteiger partial charge in [-0.2, -0.15) is 0 Å². The van der Waals surface area contributed by atoms with Crippen LogP contribution in [0, 0.1) is 0 Å². The number of imidazole rings is 1. The molecule has 0 saturated heterocycles. The number of hydrogen-bond donors (Lipinski definition) is 2. The molecule has 3 aromatic carbocycles. The first-order valence-corrected chi connectivity index (χ1v) is 13.1. The van der Waals surface area contributed by atoms with Gasteiger partial charge in [0.1, 0.15) is 11.6 Å². The monoisotopic (exact) mass is 546 g/mol. The lowest BCUT2D eigenvalue weighted by Crippen LogP contribution is -2.32. The third-order valence-corrected chi connectivity index (χ3v) is 6.96. The van der Waals surface area contributed by atoms with E-state index in [1.807, 2.05) is 47.8 Å². The third kappa shape index (κ3) is 5.39. The van der Waals surface area contributed by atoms with Gasteiger partial charge in [-0.1, -0.05) is 36.7 Å². The van der Waals surface area contributed by atoms with Crippen molar-refractivity contribution in [2.45, 2.75) is 19.4 Å². The first kappa shape index (κ1) is 25.4. The van der Waals surface area contributed by atoms with Crippen LogP contribution in [0.25, 0.3) is 33.7 Å². The molecule has 5 aromatic rings. The lowest BCUT2D eigenvalue weighted by Gasteiger charge is -2.15. The van der Waals surface area contributed by atoms with Crippen LogP contribution in [0.15, 0.2) is 72.1 Å². The zero-order valence-corrected chi connectivity index (χ0v) is 22.1. The summed E-state index contributed by atoms with van der Waals surface area (Å²) in [7, 11) is 1.61. The van der Waals surface area contributed by atoms with Crippen molar-refractivity contribution in [3.63, 3.8) is 0 Å². The van der Waals surface area contributed by atoms with E-state index in [0.717, 1.165) is 16.9 Å². The van der Waals surface area contributed by atoms with E-state index in [9.17, 15) is 9.59 Å². The van der Waals surface area contributed by atoms with Crippen LogP contribution in [-0.2, 0) is 9.53 Å². The van der Waals surface area contributed by atoms with Crippen molar-refractivity contribution in [3.8, 4) is 28.4 Å². The number of aromatic amines is 1. The summed E-state index contributed by atoms with van der Waals surface area (Å²) in [6.07, 6.45) is -0.684. The van der Waals surface area contributed by atoms with Gasteiger partial charge in [0.15, 0.2) is 11.2 Å². The lowest BCUT2D eigenvalue weighted by molar-refractivity contribution is -0.124. The molecule has 0 aliphatic rings. The summed E-state index contributed by atoms with van der Waals surface area (Å²) in [6, 6.07) is 19.9. The highest BCUT2D eigenvalue weighted by Gasteiger charge is 2.23. The standard InChI is InChI=1S/C28H23ClN4O4S/c1-3-24(26(34)33-28-32-23(15-38-28)19-6-4-5-7-20(19)29)37-27(35)17-10-13-21-22(14-17)31-25(30-21)16-8-11-18(36-2)12-9-16/h4-15,24H,3H2,1-2H3,(H,30,31)(H,32,33,34). The highest BCUT2D eigenvalue weighted by molar-refractivity contribution is 7.14. The molecule has 8 nitrogen and oxygen atoms in total. The third-order valence-electron chi connectivity index (χ3n) is 5.88. The molecule has 0 saturated carbocycles. The molecule has 2 N–H and O–H groups in total. The number of ether oxygens (including phenoxy) is 2. The van der Waals surface area contributed by atoms with Crippen molar-refractivity contribution in [2.75, 3.05) is 12.4 Å². The molecule has 2 aromatic heterocycles.